The molecule has 1 saturated carbocycles. The molecule has 0 aromatic rings. The fraction of sp³-hybridized carbons (Fsp3) is 0.929. The van der Waals surface area contributed by atoms with Gasteiger partial charge in [-0.25, -0.2) is 0 Å². The van der Waals surface area contributed by atoms with Gasteiger partial charge >= 0.3 is 0 Å². The quantitative estimate of drug-likeness (QED) is 0.647. The van der Waals surface area contributed by atoms with Crippen LogP contribution in [0.15, 0.2) is 0 Å². The van der Waals surface area contributed by atoms with Crippen LogP contribution in [0.1, 0.15) is 58.8 Å². The lowest BCUT2D eigenvalue weighted by atomic mass is 9.95. The topological polar surface area (TPSA) is 75.4 Å². The van der Waals surface area contributed by atoms with E-state index in [4.69, 9.17) is 5.73 Å². The van der Waals surface area contributed by atoms with E-state index in [1.807, 2.05) is 13.8 Å². The van der Waals surface area contributed by atoms with Crippen LogP contribution >= 0.6 is 0 Å². The van der Waals surface area contributed by atoms with E-state index >= 15 is 0 Å². The molecule has 0 aromatic carbocycles. The van der Waals surface area contributed by atoms with Gasteiger partial charge in [-0.2, -0.15) is 0 Å². The number of nitrogens with two attached hydrogens (primary N) is 1. The van der Waals surface area contributed by atoms with Crippen LogP contribution in [0, 0.1) is 5.92 Å². The van der Waals surface area contributed by atoms with Gasteiger partial charge in [0.05, 0.1) is 12.1 Å². The molecule has 1 rings (SSSR count). The van der Waals surface area contributed by atoms with Gasteiger partial charge in [0.2, 0.25) is 5.91 Å². The van der Waals surface area contributed by atoms with Gasteiger partial charge in [-0.3, -0.25) is 4.79 Å². The van der Waals surface area contributed by atoms with Crippen LogP contribution < -0.4 is 11.1 Å². The second-order valence-corrected chi connectivity index (χ2v) is 5.94. The summed E-state index contributed by atoms with van der Waals surface area (Å²) in [7, 11) is 0. The van der Waals surface area contributed by atoms with Gasteiger partial charge in [-0.15, -0.1) is 0 Å². The van der Waals surface area contributed by atoms with E-state index in [9.17, 15) is 9.90 Å². The molecule has 1 amide bonds. The highest BCUT2D eigenvalue weighted by molar-refractivity contribution is 5.79. The van der Waals surface area contributed by atoms with Crippen LogP contribution in [0.3, 0.4) is 0 Å². The molecule has 1 fully saturated rings. The van der Waals surface area contributed by atoms with Crippen molar-refractivity contribution in [2.75, 3.05) is 6.61 Å². The maximum absolute atomic E-state index is 12.1. The van der Waals surface area contributed by atoms with E-state index in [2.05, 4.69) is 5.32 Å². The second-order valence-electron chi connectivity index (χ2n) is 5.94. The lowest BCUT2D eigenvalue weighted by Crippen LogP contribution is -2.50. The van der Waals surface area contributed by atoms with Crippen molar-refractivity contribution in [3.05, 3.63) is 0 Å². The predicted octanol–water partition coefficient (Wildman–Crippen LogP) is 1.56. The SMILES string of the molecule is CC(N)CCCC(C)C(=O)NC1(CO)CCCC1. The highest BCUT2D eigenvalue weighted by Gasteiger charge is 2.35. The molecule has 0 aliphatic heterocycles. The first kappa shape index (κ1) is 15.4. The van der Waals surface area contributed by atoms with Crippen LogP contribution in [0.4, 0.5) is 0 Å². The van der Waals surface area contributed by atoms with Crippen LogP contribution in [0.25, 0.3) is 0 Å². The molecule has 18 heavy (non-hydrogen) atoms. The number of aliphatic hydroxyl groups excluding tert-OH is 1. The fourth-order valence-corrected chi connectivity index (χ4v) is 2.64. The maximum atomic E-state index is 12.1. The third-order valence-electron chi connectivity index (χ3n) is 4.00. The first-order valence-corrected chi connectivity index (χ1v) is 7.17. The molecule has 4 nitrogen and oxygen atoms in total. The largest absolute Gasteiger partial charge is 0.394 e. The standard InChI is InChI=1S/C14H28N2O2/c1-11(6-5-7-12(2)15)13(18)16-14(10-17)8-3-4-9-14/h11-12,17H,3-10,15H2,1-2H3,(H,16,18). The zero-order valence-electron chi connectivity index (χ0n) is 11.7. The molecule has 0 spiro atoms. The molecular weight excluding hydrogens is 228 g/mol. The minimum Gasteiger partial charge on any atom is -0.394 e. The van der Waals surface area contributed by atoms with Crippen molar-refractivity contribution in [1.29, 1.82) is 0 Å². The van der Waals surface area contributed by atoms with Gasteiger partial charge in [-0.1, -0.05) is 26.2 Å². The lowest BCUT2D eigenvalue weighted by Gasteiger charge is -2.29. The Balaban J connectivity index is 2.34. The third-order valence-corrected chi connectivity index (χ3v) is 4.00. The van der Waals surface area contributed by atoms with Gasteiger partial charge in [0, 0.05) is 12.0 Å². The van der Waals surface area contributed by atoms with E-state index in [-0.39, 0.29) is 30.0 Å². The molecule has 4 heteroatoms. The average molecular weight is 256 g/mol. The highest BCUT2D eigenvalue weighted by atomic mass is 16.3. The predicted molar refractivity (Wildman–Crippen MR) is 73.1 cm³/mol. The van der Waals surface area contributed by atoms with E-state index < -0.39 is 0 Å². The molecule has 4 N–H and O–H groups in total. The Morgan fingerprint density at radius 3 is 2.44 bits per heavy atom. The van der Waals surface area contributed by atoms with Crippen molar-refractivity contribution in [2.24, 2.45) is 11.7 Å². The average Bonchev–Trinajstić information content (AvgIpc) is 2.77. The number of nitrogens with one attached hydrogen (secondary N) is 1. The van der Waals surface area contributed by atoms with E-state index in [0.29, 0.717) is 0 Å². The summed E-state index contributed by atoms with van der Waals surface area (Å²) in [5.74, 6) is 0.0865. The monoisotopic (exact) mass is 256 g/mol. The molecule has 1 aliphatic rings. The van der Waals surface area contributed by atoms with E-state index in [1.165, 1.54) is 0 Å². The smallest absolute Gasteiger partial charge is 0.223 e. The van der Waals surface area contributed by atoms with Crippen LogP contribution in [-0.2, 0) is 4.79 Å². The summed E-state index contributed by atoms with van der Waals surface area (Å²) >= 11 is 0. The first-order chi connectivity index (χ1) is 8.49. The molecule has 1 aliphatic carbocycles. The molecule has 0 radical (unpaired) electrons. The number of rotatable bonds is 7. The Labute approximate surface area is 110 Å². The summed E-state index contributed by atoms with van der Waals surface area (Å²) in [5.41, 5.74) is 5.35. The molecule has 106 valence electrons. The van der Waals surface area contributed by atoms with Crippen LogP contribution in [0.2, 0.25) is 0 Å². The Kier molecular flexibility index (Phi) is 6.09. The number of hydrogen-bond donors (Lipinski definition) is 3. The third kappa shape index (κ3) is 4.58. The van der Waals surface area contributed by atoms with Gasteiger partial charge in [0.25, 0.3) is 0 Å². The van der Waals surface area contributed by atoms with Gasteiger partial charge in [-0.05, 0) is 32.6 Å². The van der Waals surface area contributed by atoms with Gasteiger partial charge < -0.3 is 16.2 Å². The number of carbonyl (C=O) groups excluding carboxylic acids is 1. The summed E-state index contributed by atoms with van der Waals surface area (Å²) in [6, 6.07) is 0.207. The number of carbonyl (C=O) groups is 1. The zero-order valence-corrected chi connectivity index (χ0v) is 11.7. The Morgan fingerprint density at radius 1 is 1.33 bits per heavy atom. The van der Waals surface area contributed by atoms with Crippen LogP contribution in [-0.4, -0.2) is 29.2 Å². The molecule has 0 bridgehead atoms. The zero-order chi connectivity index (χ0) is 13.6. The first-order valence-electron chi connectivity index (χ1n) is 7.17. The molecule has 2 atom stereocenters. The van der Waals surface area contributed by atoms with Crippen molar-refractivity contribution in [3.63, 3.8) is 0 Å². The van der Waals surface area contributed by atoms with Crippen molar-refractivity contribution < 1.29 is 9.90 Å². The normalized spacial score (nSPS) is 21.6. The Bertz CT molecular complexity index is 261. The van der Waals surface area contributed by atoms with Crippen molar-refractivity contribution in [2.45, 2.75) is 70.4 Å². The minimum atomic E-state index is -0.341. The van der Waals surface area contributed by atoms with Crippen LogP contribution in [0.5, 0.6) is 0 Å². The fourth-order valence-electron chi connectivity index (χ4n) is 2.64. The number of amides is 1. The Morgan fingerprint density at radius 2 is 1.94 bits per heavy atom. The molecule has 2 unspecified atom stereocenters. The summed E-state index contributed by atoms with van der Waals surface area (Å²) in [4.78, 5) is 12.1. The van der Waals surface area contributed by atoms with E-state index in [0.717, 1.165) is 44.9 Å². The summed E-state index contributed by atoms with van der Waals surface area (Å²) in [6.07, 6.45) is 6.82. The summed E-state index contributed by atoms with van der Waals surface area (Å²) < 4.78 is 0. The summed E-state index contributed by atoms with van der Waals surface area (Å²) in [6.45, 7) is 4.01. The lowest BCUT2D eigenvalue weighted by molar-refractivity contribution is -0.127. The van der Waals surface area contributed by atoms with Crippen molar-refractivity contribution >= 4 is 5.91 Å². The molecular formula is C14H28N2O2. The Hall–Kier alpha value is -0.610. The van der Waals surface area contributed by atoms with Gasteiger partial charge in [0.15, 0.2) is 0 Å². The van der Waals surface area contributed by atoms with Crippen molar-refractivity contribution in [1.82, 2.24) is 5.32 Å². The molecule has 0 heterocycles. The maximum Gasteiger partial charge on any atom is 0.223 e. The van der Waals surface area contributed by atoms with E-state index in [1.54, 1.807) is 0 Å². The molecule has 0 saturated heterocycles. The van der Waals surface area contributed by atoms with Crippen molar-refractivity contribution in [3.8, 4) is 0 Å². The number of hydrogen-bond acceptors (Lipinski definition) is 3. The minimum absolute atomic E-state index is 0.00720. The molecule has 0 aromatic heterocycles. The second kappa shape index (κ2) is 7.10. The van der Waals surface area contributed by atoms with Gasteiger partial charge in [0.1, 0.15) is 0 Å². The summed E-state index contributed by atoms with van der Waals surface area (Å²) in [5, 5.41) is 12.5. The number of aliphatic hydroxyl groups is 1. The highest BCUT2D eigenvalue weighted by Crippen LogP contribution is 2.29.